The van der Waals surface area contributed by atoms with Crippen molar-refractivity contribution >= 4 is 17.7 Å². The van der Waals surface area contributed by atoms with Crippen LogP contribution < -0.4 is 5.32 Å². The van der Waals surface area contributed by atoms with E-state index >= 15 is 0 Å². The fraction of sp³-hybridized carbons (Fsp3) is 0.588. The molecular weight excluding hydrogens is 296 g/mol. The molecule has 3 amide bonds. The number of allylic oxidation sites excluding steroid dienone is 2. The minimum Gasteiger partial charge on any atom is -0.513 e. The maximum atomic E-state index is 11.5. The number of carbonyl (C=O) groups is 3. The summed E-state index contributed by atoms with van der Waals surface area (Å²) in [6.45, 7) is 8.80. The Labute approximate surface area is 138 Å². The van der Waals surface area contributed by atoms with Crippen LogP contribution in [0, 0.1) is 0 Å². The van der Waals surface area contributed by atoms with Crippen LogP contribution in [-0.4, -0.2) is 40.8 Å². The lowest BCUT2D eigenvalue weighted by Crippen LogP contribution is -2.30. The predicted octanol–water partition coefficient (Wildman–Crippen LogP) is 2.47. The fourth-order valence-electron chi connectivity index (χ4n) is 1.99. The standard InChI is InChI=1S/C13H23NO2.C4H5NO2/c1-4-9-13(16)14(5-2)11-8-6-7-10-12(3)15;6-3-1-2-4(7)5-3/h4,9,15H,3,5-8,10-11H2,1-2H3;1-2H2,(H,5,6,7)/b9-4-;. The van der Waals surface area contributed by atoms with Gasteiger partial charge in [0.1, 0.15) is 0 Å². The number of carbonyl (C=O) groups excluding carboxylic acids is 3. The van der Waals surface area contributed by atoms with Crippen LogP contribution in [0.1, 0.15) is 52.4 Å². The molecule has 2 N–H and O–H groups in total. The molecule has 0 bridgehead atoms. The second-order valence-corrected chi connectivity index (χ2v) is 5.27. The molecule has 1 saturated heterocycles. The second kappa shape index (κ2) is 12.4. The average molecular weight is 324 g/mol. The van der Waals surface area contributed by atoms with Gasteiger partial charge in [-0.2, -0.15) is 0 Å². The highest BCUT2D eigenvalue weighted by atomic mass is 16.3. The van der Waals surface area contributed by atoms with Crippen molar-refractivity contribution in [1.82, 2.24) is 10.2 Å². The zero-order valence-corrected chi connectivity index (χ0v) is 14.1. The SMILES string of the molecule is C=C(O)CCCCCN(CC)C(=O)/C=C\C.O=C1CCC(=O)N1. The molecule has 0 spiro atoms. The van der Waals surface area contributed by atoms with Crippen LogP contribution in [0.4, 0.5) is 0 Å². The first-order valence-corrected chi connectivity index (χ1v) is 8.01. The number of nitrogens with zero attached hydrogens (tertiary/aromatic N) is 1. The molecule has 0 radical (unpaired) electrons. The normalized spacial score (nSPS) is 13.5. The van der Waals surface area contributed by atoms with Crippen molar-refractivity contribution in [3.63, 3.8) is 0 Å². The predicted molar refractivity (Wildman–Crippen MR) is 89.7 cm³/mol. The Kier molecular flexibility index (Phi) is 11.3. The maximum Gasteiger partial charge on any atom is 0.246 e. The maximum absolute atomic E-state index is 11.5. The van der Waals surface area contributed by atoms with Crippen molar-refractivity contribution in [3.8, 4) is 0 Å². The van der Waals surface area contributed by atoms with E-state index in [-0.39, 0.29) is 23.5 Å². The van der Waals surface area contributed by atoms with Crippen LogP contribution in [0.3, 0.4) is 0 Å². The van der Waals surface area contributed by atoms with Gasteiger partial charge in [0, 0.05) is 32.4 Å². The largest absolute Gasteiger partial charge is 0.513 e. The van der Waals surface area contributed by atoms with E-state index in [1.165, 1.54) is 0 Å². The van der Waals surface area contributed by atoms with Crippen molar-refractivity contribution in [2.24, 2.45) is 0 Å². The van der Waals surface area contributed by atoms with Gasteiger partial charge in [0.15, 0.2) is 0 Å². The quantitative estimate of drug-likeness (QED) is 0.311. The number of amides is 3. The van der Waals surface area contributed by atoms with Crippen LogP contribution in [0.2, 0.25) is 0 Å². The Balaban J connectivity index is 0.000000568. The van der Waals surface area contributed by atoms with Crippen LogP contribution in [0.15, 0.2) is 24.5 Å². The third-order valence-corrected chi connectivity index (χ3v) is 3.25. The molecular formula is C17H28N2O4. The van der Waals surface area contributed by atoms with E-state index < -0.39 is 0 Å². The van der Waals surface area contributed by atoms with Crippen molar-refractivity contribution in [1.29, 1.82) is 0 Å². The molecule has 0 aromatic rings. The van der Waals surface area contributed by atoms with E-state index in [0.717, 1.165) is 32.4 Å². The molecule has 1 rings (SSSR count). The lowest BCUT2D eigenvalue weighted by Gasteiger charge is -2.18. The van der Waals surface area contributed by atoms with Gasteiger partial charge in [0.25, 0.3) is 0 Å². The number of aliphatic hydroxyl groups is 1. The van der Waals surface area contributed by atoms with Crippen molar-refractivity contribution in [3.05, 3.63) is 24.5 Å². The summed E-state index contributed by atoms with van der Waals surface area (Å²) in [4.78, 5) is 33.6. The zero-order chi connectivity index (χ0) is 17.7. The molecule has 1 aliphatic heterocycles. The highest BCUT2D eigenvalue weighted by Gasteiger charge is 2.15. The fourth-order valence-corrected chi connectivity index (χ4v) is 1.99. The summed E-state index contributed by atoms with van der Waals surface area (Å²) in [6, 6.07) is 0. The molecule has 0 aliphatic carbocycles. The summed E-state index contributed by atoms with van der Waals surface area (Å²) in [7, 11) is 0. The molecule has 1 fully saturated rings. The van der Waals surface area contributed by atoms with Gasteiger partial charge in [-0.05, 0) is 32.8 Å². The van der Waals surface area contributed by atoms with Crippen LogP contribution in [0.25, 0.3) is 0 Å². The van der Waals surface area contributed by atoms with E-state index in [4.69, 9.17) is 5.11 Å². The third-order valence-electron chi connectivity index (χ3n) is 3.25. The van der Waals surface area contributed by atoms with E-state index in [0.29, 0.717) is 19.3 Å². The second-order valence-electron chi connectivity index (χ2n) is 5.27. The van der Waals surface area contributed by atoms with Gasteiger partial charge in [-0.1, -0.05) is 19.1 Å². The Morgan fingerprint density at radius 2 is 1.87 bits per heavy atom. The molecule has 23 heavy (non-hydrogen) atoms. The number of aliphatic hydroxyl groups excluding tert-OH is 1. The van der Waals surface area contributed by atoms with Gasteiger partial charge < -0.3 is 10.0 Å². The Morgan fingerprint density at radius 1 is 1.26 bits per heavy atom. The number of likely N-dealkylation sites (N-methyl/N-ethyl adjacent to an activating group) is 1. The number of nitrogens with one attached hydrogen (secondary N) is 1. The lowest BCUT2D eigenvalue weighted by atomic mass is 10.1. The molecule has 130 valence electrons. The van der Waals surface area contributed by atoms with Gasteiger partial charge >= 0.3 is 0 Å². The van der Waals surface area contributed by atoms with Crippen molar-refractivity contribution in [2.45, 2.75) is 52.4 Å². The molecule has 6 heteroatoms. The molecule has 0 saturated carbocycles. The third kappa shape index (κ3) is 11.2. The molecule has 0 aromatic heterocycles. The van der Waals surface area contributed by atoms with Crippen molar-refractivity contribution < 1.29 is 19.5 Å². The van der Waals surface area contributed by atoms with Crippen LogP contribution >= 0.6 is 0 Å². The molecule has 6 nitrogen and oxygen atoms in total. The zero-order valence-electron chi connectivity index (χ0n) is 14.1. The topological polar surface area (TPSA) is 86.7 Å². The lowest BCUT2D eigenvalue weighted by molar-refractivity contribution is -0.126. The summed E-state index contributed by atoms with van der Waals surface area (Å²) in [5.74, 6) is 0.0314. The van der Waals surface area contributed by atoms with Crippen LogP contribution in [-0.2, 0) is 14.4 Å². The molecule has 0 aromatic carbocycles. The van der Waals surface area contributed by atoms with Gasteiger partial charge in [0.2, 0.25) is 17.7 Å². The first kappa shape index (κ1) is 20.9. The number of rotatable bonds is 8. The summed E-state index contributed by atoms with van der Waals surface area (Å²) in [5.41, 5.74) is 0. The number of unbranched alkanes of at least 4 members (excludes halogenated alkanes) is 2. The Morgan fingerprint density at radius 3 is 2.26 bits per heavy atom. The highest BCUT2D eigenvalue weighted by molar-refractivity contribution is 6.01. The Hall–Kier alpha value is -2.11. The van der Waals surface area contributed by atoms with Crippen LogP contribution in [0.5, 0.6) is 0 Å². The summed E-state index contributed by atoms with van der Waals surface area (Å²) in [5, 5.41) is 11.0. The average Bonchev–Trinajstić information content (AvgIpc) is 2.86. The first-order chi connectivity index (χ1) is 10.9. The van der Waals surface area contributed by atoms with E-state index in [2.05, 4.69) is 11.9 Å². The molecule has 0 unspecified atom stereocenters. The van der Waals surface area contributed by atoms with Crippen molar-refractivity contribution in [2.75, 3.05) is 13.1 Å². The Bertz CT molecular complexity index is 430. The number of hydrogen-bond acceptors (Lipinski definition) is 4. The van der Waals surface area contributed by atoms with Gasteiger partial charge in [-0.3, -0.25) is 19.7 Å². The summed E-state index contributed by atoms with van der Waals surface area (Å²) >= 11 is 0. The molecule has 1 aliphatic rings. The molecule has 1 heterocycles. The smallest absolute Gasteiger partial charge is 0.246 e. The minimum absolute atomic E-state index is 0.0802. The van der Waals surface area contributed by atoms with E-state index in [1.54, 1.807) is 12.2 Å². The van der Waals surface area contributed by atoms with Gasteiger partial charge in [-0.25, -0.2) is 0 Å². The highest BCUT2D eigenvalue weighted by Crippen LogP contribution is 2.06. The van der Waals surface area contributed by atoms with E-state index in [9.17, 15) is 14.4 Å². The number of imide groups is 1. The minimum atomic E-state index is -0.148. The first-order valence-electron chi connectivity index (χ1n) is 8.01. The summed E-state index contributed by atoms with van der Waals surface area (Å²) in [6.07, 6.45) is 7.70. The molecule has 0 atom stereocenters. The van der Waals surface area contributed by atoms with Gasteiger partial charge in [-0.15, -0.1) is 0 Å². The summed E-state index contributed by atoms with van der Waals surface area (Å²) < 4.78 is 0. The van der Waals surface area contributed by atoms with Gasteiger partial charge in [0.05, 0.1) is 5.76 Å². The van der Waals surface area contributed by atoms with E-state index in [1.807, 2.05) is 18.7 Å². The number of hydrogen-bond donors (Lipinski definition) is 2. The monoisotopic (exact) mass is 324 g/mol.